The number of benzene rings is 1. The molecule has 1 heterocycles. The minimum atomic E-state index is 0.118. The standard InChI is InChI=1S/C16H20N2S2/c1-3-12-7-9-13(10-8-12)15(14-6-5-11-20-14)18-16(19)17-4-2/h5-11,15H,3-4H2,1-2H3,(H2,17,18,19)/t15-/m0/s1. The highest BCUT2D eigenvalue weighted by atomic mass is 32.1. The van der Waals surface area contributed by atoms with Crippen molar-refractivity contribution in [3.63, 3.8) is 0 Å². The van der Waals surface area contributed by atoms with Crippen LogP contribution < -0.4 is 10.6 Å². The van der Waals surface area contributed by atoms with E-state index in [2.05, 4.69) is 59.3 Å². The lowest BCUT2D eigenvalue weighted by molar-refractivity contribution is 0.754. The summed E-state index contributed by atoms with van der Waals surface area (Å²) in [5, 5.41) is 9.36. The van der Waals surface area contributed by atoms with Crippen LogP contribution in [-0.4, -0.2) is 11.7 Å². The van der Waals surface area contributed by atoms with Gasteiger partial charge in [-0.05, 0) is 48.1 Å². The lowest BCUT2D eigenvalue weighted by Crippen LogP contribution is -2.37. The van der Waals surface area contributed by atoms with Crippen LogP contribution in [0.15, 0.2) is 41.8 Å². The second kappa shape index (κ2) is 7.41. The van der Waals surface area contributed by atoms with Crippen molar-refractivity contribution in [2.75, 3.05) is 6.54 Å². The van der Waals surface area contributed by atoms with Gasteiger partial charge in [0.05, 0.1) is 6.04 Å². The summed E-state index contributed by atoms with van der Waals surface area (Å²) in [6, 6.07) is 13.1. The zero-order chi connectivity index (χ0) is 14.4. The van der Waals surface area contributed by atoms with Gasteiger partial charge in [-0.2, -0.15) is 0 Å². The van der Waals surface area contributed by atoms with Gasteiger partial charge in [0.2, 0.25) is 0 Å². The molecule has 1 aromatic heterocycles. The summed E-state index contributed by atoms with van der Waals surface area (Å²) in [7, 11) is 0. The van der Waals surface area contributed by atoms with Gasteiger partial charge in [0.1, 0.15) is 0 Å². The normalized spacial score (nSPS) is 11.9. The van der Waals surface area contributed by atoms with Gasteiger partial charge in [-0.3, -0.25) is 0 Å². The molecule has 2 N–H and O–H groups in total. The van der Waals surface area contributed by atoms with Gasteiger partial charge in [0.25, 0.3) is 0 Å². The Bertz CT molecular complexity index is 532. The highest BCUT2D eigenvalue weighted by Gasteiger charge is 2.15. The maximum atomic E-state index is 5.33. The Hall–Kier alpha value is -1.39. The van der Waals surface area contributed by atoms with Crippen molar-refractivity contribution in [3.05, 3.63) is 57.8 Å². The van der Waals surface area contributed by atoms with Crippen LogP contribution in [0.5, 0.6) is 0 Å². The van der Waals surface area contributed by atoms with Crippen molar-refractivity contribution in [3.8, 4) is 0 Å². The van der Waals surface area contributed by atoms with Crippen molar-refractivity contribution in [1.29, 1.82) is 0 Å². The molecule has 0 saturated carbocycles. The van der Waals surface area contributed by atoms with Crippen molar-refractivity contribution >= 4 is 28.7 Å². The van der Waals surface area contributed by atoms with Crippen LogP contribution in [0.4, 0.5) is 0 Å². The molecule has 2 rings (SSSR count). The number of nitrogens with one attached hydrogen (secondary N) is 2. The molecule has 0 unspecified atom stereocenters. The molecule has 0 bridgehead atoms. The first-order valence-electron chi connectivity index (χ1n) is 6.91. The predicted octanol–water partition coefficient (Wildman–Crippen LogP) is 3.88. The molecule has 0 aliphatic carbocycles. The maximum absolute atomic E-state index is 5.33. The summed E-state index contributed by atoms with van der Waals surface area (Å²) in [6.45, 7) is 5.05. The van der Waals surface area contributed by atoms with Crippen LogP contribution in [0.2, 0.25) is 0 Å². The van der Waals surface area contributed by atoms with Gasteiger partial charge in [-0.25, -0.2) is 0 Å². The number of thiophene rings is 1. The van der Waals surface area contributed by atoms with Gasteiger partial charge in [-0.1, -0.05) is 37.3 Å². The van der Waals surface area contributed by atoms with E-state index in [4.69, 9.17) is 12.2 Å². The smallest absolute Gasteiger partial charge is 0.167 e. The molecular formula is C16H20N2S2. The van der Waals surface area contributed by atoms with E-state index in [1.165, 1.54) is 16.0 Å². The van der Waals surface area contributed by atoms with Crippen LogP contribution in [0.25, 0.3) is 0 Å². The molecule has 2 nitrogen and oxygen atoms in total. The average Bonchev–Trinajstić information content (AvgIpc) is 2.99. The SMILES string of the molecule is CCNC(=S)N[C@@H](c1ccc(CC)cc1)c1cccs1. The largest absolute Gasteiger partial charge is 0.363 e. The Labute approximate surface area is 130 Å². The molecule has 0 fully saturated rings. The van der Waals surface area contributed by atoms with E-state index in [-0.39, 0.29) is 6.04 Å². The van der Waals surface area contributed by atoms with Gasteiger partial charge < -0.3 is 10.6 Å². The van der Waals surface area contributed by atoms with Crippen molar-refractivity contribution in [2.45, 2.75) is 26.3 Å². The second-order valence-electron chi connectivity index (χ2n) is 4.55. The summed E-state index contributed by atoms with van der Waals surface area (Å²) >= 11 is 7.08. The third-order valence-corrected chi connectivity index (χ3v) is 4.36. The van der Waals surface area contributed by atoms with E-state index in [1.807, 2.05) is 6.92 Å². The fourth-order valence-corrected chi connectivity index (χ4v) is 3.13. The van der Waals surface area contributed by atoms with E-state index in [9.17, 15) is 0 Å². The van der Waals surface area contributed by atoms with Crippen LogP contribution in [0.1, 0.15) is 35.9 Å². The summed E-state index contributed by atoms with van der Waals surface area (Å²) in [6.07, 6.45) is 1.06. The Morgan fingerprint density at radius 1 is 1.20 bits per heavy atom. The molecule has 4 heteroatoms. The number of hydrogen-bond acceptors (Lipinski definition) is 2. The quantitative estimate of drug-likeness (QED) is 0.820. The molecule has 0 saturated heterocycles. The topological polar surface area (TPSA) is 24.1 Å². The molecule has 1 aromatic carbocycles. The zero-order valence-electron chi connectivity index (χ0n) is 11.8. The third-order valence-electron chi connectivity index (χ3n) is 3.16. The third kappa shape index (κ3) is 3.81. The first-order chi connectivity index (χ1) is 9.74. The Morgan fingerprint density at radius 2 is 1.95 bits per heavy atom. The van der Waals surface area contributed by atoms with E-state index < -0.39 is 0 Å². The first kappa shape index (κ1) is 15.0. The lowest BCUT2D eigenvalue weighted by atomic mass is 10.0. The zero-order valence-corrected chi connectivity index (χ0v) is 13.5. The number of aryl methyl sites for hydroxylation is 1. The van der Waals surface area contributed by atoms with Crippen molar-refractivity contribution in [1.82, 2.24) is 10.6 Å². The van der Waals surface area contributed by atoms with Crippen LogP contribution in [0.3, 0.4) is 0 Å². The first-order valence-corrected chi connectivity index (χ1v) is 8.20. The van der Waals surface area contributed by atoms with E-state index >= 15 is 0 Å². The molecule has 0 aliphatic rings. The molecule has 0 amide bonds. The van der Waals surface area contributed by atoms with Gasteiger partial charge in [0, 0.05) is 11.4 Å². The summed E-state index contributed by atoms with van der Waals surface area (Å²) in [4.78, 5) is 1.27. The molecule has 1 atom stereocenters. The van der Waals surface area contributed by atoms with E-state index in [1.54, 1.807) is 11.3 Å². The van der Waals surface area contributed by atoms with Crippen molar-refractivity contribution < 1.29 is 0 Å². The Kier molecular flexibility index (Phi) is 5.56. The fraction of sp³-hybridized carbons (Fsp3) is 0.312. The predicted molar refractivity (Wildman–Crippen MR) is 91.4 cm³/mol. The monoisotopic (exact) mass is 304 g/mol. The molecule has 0 radical (unpaired) electrons. The van der Waals surface area contributed by atoms with Crippen LogP contribution in [0, 0.1) is 0 Å². The highest BCUT2D eigenvalue weighted by molar-refractivity contribution is 7.80. The fourth-order valence-electron chi connectivity index (χ4n) is 2.06. The van der Waals surface area contributed by atoms with E-state index in [0.29, 0.717) is 5.11 Å². The minimum absolute atomic E-state index is 0.118. The molecule has 0 aliphatic heterocycles. The molecular weight excluding hydrogens is 284 g/mol. The highest BCUT2D eigenvalue weighted by Crippen LogP contribution is 2.26. The molecule has 0 spiro atoms. The van der Waals surface area contributed by atoms with E-state index in [0.717, 1.165) is 13.0 Å². The van der Waals surface area contributed by atoms with Crippen LogP contribution in [-0.2, 0) is 6.42 Å². The number of rotatable bonds is 5. The molecule has 106 valence electrons. The Balaban J connectivity index is 2.23. The second-order valence-corrected chi connectivity index (χ2v) is 5.93. The number of thiocarbonyl (C=S) groups is 1. The van der Waals surface area contributed by atoms with Crippen molar-refractivity contribution in [2.24, 2.45) is 0 Å². The average molecular weight is 304 g/mol. The van der Waals surface area contributed by atoms with Gasteiger partial charge in [-0.15, -0.1) is 11.3 Å². The summed E-state index contributed by atoms with van der Waals surface area (Å²) in [5.74, 6) is 0. The molecule has 20 heavy (non-hydrogen) atoms. The maximum Gasteiger partial charge on any atom is 0.167 e. The van der Waals surface area contributed by atoms with Gasteiger partial charge in [0.15, 0.2) is 5.11 Å². The molecule has 2 aromatic rings. The minimum Gasteiger partial charge on any atom is -0.363 e. The van der Waals surface area contributed by atoms with Gasteiger partial charge >= 0.3 is 0 Å². The number of hydrogen-bond donors (Lipinski definition) is 2. The summed E-state index contributed by atoms with van der Waals surface area (Å²) in [5.41, 5.74) is 2.60. The lowest BCUT2D eigenvalue weighted by Gasteiger charge is -2.20. The van der Waals surface area contributed by atoms with Crippen LogP contribution >= 0.6 is 23.6 Å². The Morgan fingerprint density at radius 3 is 2.50 bits per heavy atom. The summed E-state index contributed by atoms with van der Waals surface area (Å²) < 4.78 is 0.